The van der Waals surface area contributed by atoms with Crippen LogP contribution in [-0.4, -0.2) is 43.2 Å². The number of rotatable bonds is 6. The highest BCUT2D eigenvalue weighted by atomic mass is 16.5. The zero-order valence-corrected chi connectivity index (χ0v) is 16.9. The van der Waals surface area contributed by atoms with Crippen molar-refractivity contribution in [3.05, 3.63) is 53.9 Å². The normalized spacial score (nSPS) is 17.8. The van der Waals surface area contributed by atoms with Gasteiger partial charge in [-0.3, -0.25) is 0 Å². The molecule has 4 rings (SSSR count). The van der Waals surface area contributed by atoms with E-state index in [1.165, 1.54) is 0 Å². The van der Waals surface area contributed by atoms with Crippen molar-refractivity contribution in [3.8, 4) is 23.0 Å². The van der Waals surface area contributed by atoms with Crippen molar-refractivity contribution in [1.82, 2.24) is 14.8 Å². The van der Waals surface area contributed by atoms with Crippen LogP contribution in [0.5, 0.6) is 23.0 Å². The van der Waals surface area contributed by atoms with Gasteiger partial charge in [-0.2, -0.15) is 10.1 Å². The fourth-order valence-corrected chi connectivity index (χ4v) is 3.75. The van der Waals surface area contributed by atoms with Crippen molar-refractivity contribution in [3.63, 3.8) is 0 Å². The zero-order valence-electron chi connectivity index (χ0n) is 16.9. The Hall–Kier alpha value is -3.42. The Morgan fingerprint density at radius 2 is 1.59 bits per heavy atom. The number of aromatic nitrogens is 3. The SMILES string of the molecule is COc1ccc([C@@H]2C[C@@H](c3cc(OC)c(OC)c(OC)c3)n3ncnc3N2)cc1. The lowest BCUT2D eigenvalue weighted by Crippen LogP contribution is -2.28. The Morgan fingerprint density at radius 1 is 0.897 bits per heavy atom. The second kappa shape index (κ2) is 7.90. The summed E-state index contributed by atoms with van der Waals surface area (Å²) in [6.07, 6.45) is 2.34. The molecule has 2 heterocycles. The summed E-state index contributed by atoms with van der Waals surface area (Å²) in [6, 6.07) is 12.0. The summed E-state index contributed by atoms with van der Waals surface area (Å²) in [5, 5.41) is 7.91. The summed E-state index contributed by atoms with van der Waals surface area (Å²) in [4.78, 5) is 4.39. The molecule has 1 aliphatic heterocycles. The molecule has 0 saturated carbocycles. The van der Waals surface area contributed by atoms with E-state index in [-0.39, 0.29) is 12.1 Å². The molecular weight excluding hydrogens is 372 g/mol. The maximum Gasteiger partial charge on any atom is 0.222 e. The lowest BCUT2D eigenvalue weighted by molar-refractivity contribution is 0.322. The Labute approximate surface area is 169 Å². The van der Waals surface area contributed by atoms with Gasteiger partial charge in [0.15, 0.2) is 11.5 Å². The maximum absolute atomic E-state index is 5.54. The molecule has 8 nitrogen and oxygen atoms in total. The second-order valence-electron chi connectivity index (χ2n) is 6.71. The Kier molecular flexibility index (Phi) is 5.16. The Balaban J connectivity index is 1.75. The molecule has 0 spiro atoms. The highest BCUT2D eigenvalue weighted by molar-refractivity contribution is 5.55. The molecule has 0 amide bonds. The van der Waals surface area contributed by atoms with Crippen molar-refractivity contribution in [2.45, 2.75) is 18.5 Å². The maximum atomic E-state index is 5.54. The first-order valence-corrected chi connectivity index (χ1v) is 9.28. The van der Waals surface area contributed by atoms with Crippen LogP contribution in [0.4, 0.5) is 5.95 Å². The van der Waals surface area contributed by atoms with Crippen molar-refractivity contribution in [2.24, 2.45) is 0 Å². The highest BCUT2D eigenvalue weighted by Crippen LogP contribution is 2.44. The third-order valence-corrected chi connectivity index (χ3v) is 5.22. The highest BCUT2D eigenvalue weighted by Gasteiger charge is 2.31. The number of ether oxygens (including phenoxy) is 4. The third kappa shape index (κ3) is 3.41. The van der Waals surface area contributed by atoms with Gasteiger partial charge in [0.2, 0.25) is 11.7 Å². The standard InChI is InChI=1S/C21H24N4O4/c1-26-15-7-5-13(6-8-15)16-11-17(25-21(24-16)22-12-23-25)14-9-18(27-2)20(29-4)19(10-14)28-3/h5-10,12,16-17H,11H2,1-4H3,(H,22,23,24)/t16-,17-/m0/s1. The minimum Gasteiger partial charge on any atom is -0.497 e. The van der Waals surface area contributed by atoms with Crippen LogP contribution in [0.25, 0.3) is 0 Å². The van der Waals surface area contributed by atoms with Gasteiger partial charge in [0.1, 0.15) is 12.1 Å². The lowest BCUT2D eigenvalue weighted by atomic mass is 9.93. The molecule has 2 atom stereocenters. The van der Waals surface area contributed by atoms with E-state index in [2.05, 4.69) is 27.5 Å². The predicted molar refractivity (Wildman–Crippen MR) is 108 cm³/mol. The van der Waals surface area contributed by atoms with Crippen LogP contribution >= 0.6 is 0 Å². The molecule has 3 aromatic rings. The topological polar surface area (TPSA) is 79.7 Å². The first-order chi connectivity index (χ1) is 14.2. The van der Waals surface area contributed by atoms with Gasteiger partial charge in [-0.05, 0) is 41.8 Å². The summed E-state index contributed by atoms with van der Waals surface area (Å²) in [6.45, 7) is 0. The van der Waals surface area contributed by atoms with E-state index in [9.17, 15) is 0 Å². The van der Waals surface area contributed by atoms with Crippen LogP contribution < -0.4 is 24.3 Å². The Morgan fingerprint density at radius 3 is 2.17 bits per heavy atom. The van der Waals surface area contributed by atoms with Crippen LogP contribution in [0.1, 0.15) is 29.6 Å². The molecule has 152 valence electrons. The van der Waals surface area contributed by atoms with Gasteiger partial charge in [-0.25, -0.2) is 4.68 Å². The summed E-state index contributed by atoms with van der Waals surface area (Å²) in [7, 11) is 6.49. The van der Waals surface area contributed by atoms with Crippen molar-refractivity contribution in [1.29, 1.82) is 0 Å². The van der Waals surface area contributed by atoms with Gasteiger partial charge in [-0.1, -0.05) is 12.1 Å². The molecule has 1 N–H and O–H groups in total. The first kappa shape index (κ1) is 18.9. The van der Waals surface area contributed by atoms with Crippen LogP contribution in [0, 0.1) is 0 Å². The van der Waals surface area contributed by atoms with Gasteiger partial charge < -0.3 is 24.3 Å². The van der Waals surface area contributed by atoms with Gasteiger partial charge in [0.05, 0.1) is 40.5 Å². The largest absolute Gasteiger partial charge is 0.497 e. The molecule has 0 fully saturated rings. The zero-order chi connectivity index (χ0) is 20.4. The van der Waals surface area contributed by atoms with E-state index >= 15 is 0 Å². The lowest BCUT2D eigenvalue weighted by Gasteiger charge is -2.32. The minimum absolute atomic E-state index is 0.0467. The molecule has 2 aromatic carbocycles. The van der Waals surface area contributed by atoms with Crippen molar-refractivity contribution >= 4 is 5.95 Å². The fourth-order valence-electron chi connectivity index (χ4n) is 3.75. The molecule has 0 radical (unpaired) electrons. The van der Waals surface area contributed by atoms with Crippen molar-refractivity contribution in [2.75, 3.05) is 33.8 Å². The molecule has 0 saturated heterocycles. The number of nitrogens with one attached hydrogen (secondary N) is 1. The van der Waals surface area contributed by atoms with Gasteiger partial charge in [0, 0.05) is 0 Å². The van der Waals surface area contributed by atoms with E-state index in [1.54, 1.807) is 34.8 Å². The average Bonchev–Trinajstić information content (AvgIpc) is 3.26. The molecule has 0 bridgehead atoms. The molecule has 1 aromatic heterocycles. The number of nitrogens with zero attached hydrogens (tertiary/aromatic N) is 3. The van der Waals surface area contributed by atoms with Crippen LogP contribution in [0.3, 0.4) is 0 Å². The van der Waals surface area contributed by atoms with E-state index in [0.717, 1.165) is 29.2 Å². The molecule has 29 heavy (non-hydrogen) atoms. The summed E-state index contributed by atoms with van der Waals surface area (Å²) < 4.78 is 23.7. The van der Waals surface area contributed by atoms with E-state index < -0.39 is 0 Å². The minimum atomic E-state index is -0.0467. The molecule has 1 aliphatic rings. The number of benzene rings is 2. The first-order valence-electron chi connectivity index (χ1n) is 9.28. The smallest absolute Gasteiger partial charge is 0.222 e. The Bertz CT molecular complexity index is 962. The van der Waals surface area contributed by atoms with E-state index in [1.807, 2.05) is 28.9 Å². The number of methoxy groups -OCH3 is 4. The summed E-state index contributed by atoms with van der Waals surface area (Å²) in [5.41, 5.74) is 2.16. The van der Waals surface area contributed by atoms with Crippen LogP contribution in [-0.2, 0) is 0 Å². The van der Waals surface area contributed by atoms with Gasteiger partial charge in [0.25, 0.3) is 0 Å². The van der Waals surface area contributed by atoms with E-state index in [4.69, 9.17) is 18.9 Å². The van der Waals surface area contributed by atoms with Crippen LogP contribution in [0.15, 0.2) is 42.7 Å². The van der Waals surface area contributed by atoms with E-state index in [0.29, 0.717) is 17.2 Å². The van der Waals surface area contributed by atoms with Gasteiger partial charge >= 0.3 is 0 Å². The number of hydrogen-bond donors (Lipinski definition) is 1. The molecular formula is C21H24N4O4. The average molecular weight is 396 g/mol. The second-order valence-corrected chi connectivity index (χ2v) is 6.71. The van der Waals surface area contributed by atoms with Crippen molar-refractivity contribution < 1.29 is 18.9 Å². The predicted octanol–water partition coefficient (Wildman–Crippen LogP) is 3.46. The quantitative estimate of drug-likeness (QED) is 0.683. The third-order valence-electron chi connectivity index (χ3n) is 5.22. The van der Waals surface area contributed by atoms with Gasteiger partial charge in [-0.15, -0.1) is 0 Å². The fraction of sp³-hybridized carbons (Fsp3) is 0.333. The summed E-state index contributed by atoms with van der Waals surface area (Å²) >= 11 is 0. The molecule has 0 aliphatic carbocycles. The number of fused-ring (bicyclic) bond motifs is 1. The monoisotopic (exact) mass is 396 g/mol. The number of hydrogen-bond acceptors (Lipinski definition) is 7. The number of anilines is 1. The van der Waals surface area contributed by atoms with Crippen LogP contribution in [0.2, 0.25) is 0 Å². The summed E-state index contributed by atoms with van der Waals surface area (Å²) in [5.74, 6) is 3.34. The molecule has 8 heteroatoms. The molecule has 0 unspecified atom stereocenters.